The molecule has 0 atom stereocenters. The van der Waals surface area contributed by atoms with Crippen molar-refractivity contribution in [2.75, 3.05) is 19.5 Å². The molecule has 122 valence electrons. The molecule has 0 radical (unpaired) electrons. The topological polar surface area (TPSA) is 58.6 Å². The van der Waals surface area contributed by atoms with Crippen LogP contribution < -0.4 is 10.1 Å². The molecule has 1 aliphatic heterocycles. The molecule has 0 aliphatic carbocycles. The van der Waals surface area contributed by atoms with Crippen molar-refractivity contribution in [1.82, 2.24) is 4.90 Å². The molecule has 0 spiro atoms. The van der Waals surface area contributed by atoms with Crippen molar-refractivity contribution in [3.05, 3.63) is 65.6 Å². The Labute approximate surface area is 138 Å². The lowest BCUT2D eigenvalue weighted by Crippen LogP contribution is -2.27. The van der Waals surface area contributed by atoms with Crippen LogP contribution in [-0.4, -0.2) is 30.9 Å². The van der Waals surface area contributed by atoms with Crippen molar-refractivity contribution in [3.63, 3.8) is 0 Å². The van der Waals surface area contributed by atoms with Gasteiger partial charge in [-0.3, -0.25) is 14.5 Å². The predicted octanol–water partition coefficient (Wildman–Crippen LogP) is 2.66. The van der Waals surface area contributed by atoms with E-state index in [-0.39, 0.29) is 17.1 Å². The number of nitrogens with zero attached hydrogens (tertiary/aromatic N) is 1. The van der Waals surface area contributed by atoms with E-state index < -0.39 is 11.8 Å². The first kappa shape index (κ1) is 15.7. The monoisotopic (exact) mass is 326 g/mol. The second-order valence-electron chi connectivity index (χ2n) is 5.28. The molecule has 0 bridgehead atoms. The van der Waals surface area contributed by atoms with Crippen molar-refractivity contribution in [3.8, 4) is 5.75 Å². The van der Waals surface area contributed by atoms with Gasteiger partial charge >= 0.3 is 0 Å². The van der Waals surface area contributed by atoms with Crippen LogP contribution in [0.2, 0.25) is 0 Å². The van der Waals surface area contributed by atoms with Crippen LogP contribution in [0.3, 0.4) is 0 Å². The molecular formula is C18H15FN2O3. The van der Waals surface area contributed by atoms with E-state index in [4.69, 9.17) is 4.74 Å². The quantitative estimate of drug-likeness (QED) is 0.878. The number of carbonyl (C=O) groups is 2. The first-order valence-electron chi connectivity index (χ1n) is 7.25. The lowest BCUT2D eigenvalue weighted by atomic mass is 10.0. The zero-order valence-corrected chi connectivity index (χ0v) is 13.2. The summed E-state index contributed by atoms with van der Waals surface area (Å²) in [5.41, 5.74) is 1.56. The number of amides is 2. The number of anilines is 1. The van der Waals surface area contributed by atoms with E-state index in [0.29, 0.717) is 17.0 Å². The first-order chi connectivity index (χ1) is 11.5. The molecule has 0 saturated heterocycles. The van der Waals surface area contributed by atoms with E-state index in [1.807, 2.05) is 0 Å². The van der Waals surface area contributed by atoms with Gasteiger partial charge in [-0.25, -0.2) is 4.39 Å². The zero-order valence-electron chi connectivity index (χ0n) is 13.2. The van der Waals surface area contributed by atoms with Crippen molar-refractivity contribution < 1.29 is 18.7 Å². The Hall–Kier alpha value is -3.15. The van der Waals surface area contributed by atoms with E-state index in [2.05, 4.69) is 5.32 Å². The minimum Gasteiger partial charge on any atom is -0.497 e. The van der Waals surface area contributed by atoms with Crippen LogP contribution in [0.4, 0.5) is 10.1 Å². The van der Waals surface area contributed by atoms with Crippen molar-refractivity contribution in [2.45, 2.75) is 0 Å². The Balaban J connectivity index is 2.04. The molecule has 5 nitrogen and oxygen atoms in total. The minimum absolute atomic E-state index is 0.166. The SMILES string of the molecule is COc1ccc(C2=C(Nc3ccc(F)cc3)C(=O)N(C)C2=O)cc1. The molecule has 2 aromatic rings. The van der Waals surface area contributed by atoms with Crippen LogP contribution >= 0.6 is 0 Å². The van der Waals surface area contributed by atoms with E-state index in [1.165, 1.54) is 31.3 Å². The van der Waals surface area contributed by atoms with Crippen molar-refractivity contribution in [1.29, 1.82) is 0 Å². The second kappa shape index (κ2) is 6.16. The maximum Gasteiger partial charge on any atom is 0.277 e. The number of imide groups is 1. The van der Waals surface area contributed by atoms with Gasteiger partial charge in [0.25, 0.3) is 11.8 Å². The summed E-state index contributed by atoms with van der Waals surface area (Å²) in [6.07, 6.45) is 0. The van der Waals surface area contributed by atoms with E-state index in [9.17, 15) is 14.0 Å². The van der Waals surface area contributed by atoms with Gasteiger partial charge in [0.2, 0.25) is 0 Å². The number of hydrogen-bond acceptors (Lipinski definition) is 4. The standard InChI is InChI=1S/C18H15FN2O3/c1-21-17(22)15(11-3-9-14(24-2)10-4-11)16(18(21)23)20-13-7-5-12(19)6-8-13/h3-10,20H,1-2H3. The highest BCUT2D eigenvalue weighted by molar-refractivity contribution is 6.36. The molecule has 1 aliphatic rings. The van der Waals surface area contributed by atoms with Gasteiger partial charge in [0, 0.05) is 12.7 Å². The molecule has 2 aromatic carbocycles. The summed E-state index contributed by atoms with van der Waals surface area (Å²) in [4.78, 5) is 25.9. The second-order valence-corrected chi connectivity index (χ2v) is 5.28. The third-order valence-corrected chi connectivity index (χ3v) is 3.78. The highest BCUT2D eigenvalue weighted by atomic mass is 19.1. The number of hydrogen-bond donors (Lipinski definition) is 1. The van der Waals surface area contributed by atoms with Gasteiger partial charge in [-0.15, -0.1) is 0 Å². The summed E-state index contributed by atoms with van der Waals surface area (Å²) in [6, 6.07) is 12.4. The average molecular weight is 326 g/mol. The molecule has 0 saturated carbocycles. The predicted molar refractivity (Wildman–Crippen MR) is 87.7 cm³/mol. The Morgan fingerprint density at radius 3 is 2.17 bits per heavy atom. The normalized spacial score (nSPS) is 14.4. The van der Waals surface area contributed by atoms with Crippen LogP contribution in [-0.2, 0) is 9.59 Å². The van der Waals surface area contributed by atoms with E-state index >= 15 is 0 Å². The number of rotatable bonds is 4. The summed E-state index contributed by atoms with van der Waals surface area (Å²) in [6.45, 7) is 0. The third-order valence-electron chi connectivity index (χ3n) is 3.78. The number of likely N-dealkylation sites (N-methyl/N-ethyl adjacent to an activating group) is 1. The van der Waals surface area contributed by atoms with Gasteiger partial charge in [-0.2, -0.15) is 0 Å². The third kappa shape index (κ3) is 2.74. The molecule has 0 unspecified atom stereocenters. The first-order valence-corrected chi connectivity index (χ1v) is 7.25. The lowest BCUT2D eigenvalue weighted by Gasteiger charge is -2.09. The molecule has 24 heavy (non-hydrogen) atoms. The van der Waals surface area contributed by atoms with E-state index in [1.54, 1.807) is 31.4 Å². The van der Waals surface area contributed by atoms with Gasteiger partial charge in [-0.1, -0.05) is 12.1 Å². The number of benzene rings is 2. The van der Waals surface area contributed by atoms with Crippen LogP contribution in [0.1, 0.15) is 5.56 Å². The summed E-state index contributed by atoms with van der Waals surface area (Å²) < 4.78 is 18.1. The summed E-state index contributed by atoms with van der Waals surface area (Å²) in [5.74, 6) is -0.557. The maximum atomic E-state index is 13.0. The molecule has 6 heteroatoms. The highest BCUT2D eigenvalue weighted by Crippen LogP contribution is 2.30. The molecule has 1 N–H and O–H groups in total. The number of methoxy groups -OCH3 is 1. The fourth-order valence-electron chi connectivity index (χ4n) is 2.46. The van der Waals surface area contributed by atoms with Crippen LogP contribution in [0, 0.1) is 5.82 Å². The van der Waals surface area contributed by atoms with Crippen LogP contribution in [0.25, 0.3) is 5.57 Å². The Kier molecular flexibility index (Phi) is 4.04. The Morgan fingerprint density at radius 1 is 0.958 bits per heavy atom. The summed E-state index contributed by atoms with van der Waals surface area (Å²) >= 11 is 0. The van der Waals surface area contributed by atoms with Gasteiger partial charge in [-0.05, 0) is 42.0 Å². The molecular weight excluding hydrogens is 311 g/mol. The Bertz CT molecular complexity index is 826. The molecule has 0 fully saturated rings. The summed E-state index contributed by atoms with van der Waals surface area (Å²) in [5, 5.41) is 2.93. The minimum atomic E-state index is -0.435. The van der Waals surface area contributed by atoms with Crippen LogP contribution in [0.15, 0.2) is 54.2 Å². The maximum absolute atomic E-state index is 13.0. The van der Waals surface area contributed by atoms with Crippen molar-refractivity contribution >= 4 is 23.1 Å². The fraction of sp³-hybridized carbons (Fsp3) is 0.111. The van der Waals surface area contributed by atoms with Gasteiger partial charge < -0.3 is 10.1 Å². The fourth-order valence-corrected chi connectivity index (χ4v) is 2.46. The largest absolute Gasteiger partial charge is 0.497 e. The molecule has 1 heterocycles. The number of carbonyl (C=O) groups excluding carboxylic acids is 2. The number of nitrogens with one attached hydrogen (secondary N) is 1. The van der Waals surface area contributed by atoms with Crippen LogP contribution in [0.5, 0.6) is 5.75 Å². The van der Waals surface area contributed by atoms with E-state index in [0.717, 1.165) is 4.90 Å². The summed E-state index contributed by atoms with van der Waals surface area (Å²) in [7, 11) is 2.97. The van der Waals surface area contributed by atoms with Gasteiger partial charge in [0.05, 0.1) is 12.7 Å². The number of halogens is 1. The molecule has 2 amide bonds. The average Bonchev–Trinajstić information content (AvgIpc) is 2.81. The smallest absolute Gasteiger partial charge is 0.277 e. The Morgan fingerprint density at radius 2 is 1.58 bits per heavy atom. The molecule has 3 rings (SSSR count). The van der Waals surface area contributed by atoms with Gasteiger partial charge in [0.15, 0.2) is 0 Å². The van der Waals surface area contributed by atoms with Crippen molar-refractivity contribution in [2.24, 2.45) is 0 Å². The number of ether oxygens (including phenoxy) is 1. The highest BCUT2D eigenvalue weighted by Gasteiger charge is 2.36. The van der Waals surface area contributed by atoms with Gasteiger partial charge in [0.1, 0.15) is 17.3 Å². The molecule has 0 aromatic heterocycles. The lowest BCUT2D eigenvalue weighted by molar-refractivity contribution is -0.135. The zero-order chi connectivity index (χ0) is 17.3.